The number of nitrogens with one attached hydrogen (secondary N) is 2. The average Bonchev–Trinajstić information content (AvgIpc) is 2.93. The van der Waals surface area contributed by atoms with Crippen LogP contribution in [0.3, 0.4) is 0 Å². The number of aliphatic imine (C=N–C) groups is 1. The van der Waals surface area contributed by atoms with Crippen LogP contribution in [-0.4, -0.2) is 43.3 Å². The van der Waals surface area contributed by atoms with Gasteiger partial charge in [-0.1, -0.05) is 19.3 Å². The Kier molecular flexibility index (Phi) is 12.5. The zero-order valence-corrected chi connectivity index (χ0v) is 19.6. The van der Waals surface area contributed by atoms with E-state index in [2.05, 4.69) is 41.4 Å². The van der Waals surface area contributed by atoms with Crippen molar-refractivity contribution in [2.75, 3.05) is 26.2 Å². The summed E-state index contributed by atoms with van der Waals surface area (Å²) < 4.78 is 5.96. The van der Waals surface area contributed by atoms with Crippen LogP contribution in [0.4, 0.5) is 0 Å². The molecule has 1 heterocycles. The predicted molar refractivity (Wildman–Crippen MR) is 122 cm³/mol. The van der Waals surface area contributed by atoms with Crippen LogP contribution in [-0.2, 0) is 11.2 Å². The van der Waals surface area contributed by atoms with Gasteiger partial charge in [-0.05, 0) is 40.0 Å². The number of nitrogens with zero attached hydrogens (tertiary/aromatic N) is 2. The van der Waals surface area contributed by atoms with Crippen molar-refractivity contribution in [1.29, 1.82) is 0 Å². The number of hydrogen-bond donors (Lipinski definition) is 2. The fourth-order valence-electron chi connectivity index (χ4n) is 3.01. The molecule has 0 bridgehead atoms. The summed E-state index contributed by atoms with van der Waals surface area (Å²) in [7, 11) is 0. The molecule has 0 unspecified atom stereocenters. The van der Waals surface area contributed by atoms with Gasteiger partial charge in [0.15, 0.2) is 5.96 Å². The molecule has 0 saturated heterocycles. The van der Waals surface area contributed by atoms with Crippen molar-refractivity contribution in [1.82, 2.24) is 15.6 Å². The van der Waals surface area contributed by atoms with E-state index >= 15 is 0 Å². The van der Waals surface area contributed by atoms with Crippen molar-refractivity contribution in [3.05, 3.63) is 15.6 Å². The minimum Gasteiger partial charge on any atom is -0.378 e. The summed E-state index contributed by atoms with van der Waals surface area (Å²) in [4.78, 5) is 10.5. The first-order valence-electron chi connectivity index (χ1n) is 9.75. The van der Waals surface area contributed by atoms with E-state index in [1.54, 1.807) is 11.3 Å². The van der Waals surface area contributed by atoms with Crippen LogP contribution in [0.1, 0.15) is 61.0 Å². The van der Waals surface area contributed by atoms with Crippen molar-refractivity contribution in [2.45, 2.75) is 71.8 Å². The molecule has 26 heavy (non-hydrogen) atoms. The van der Waals surface area contributed by atoms with Gasteiger partial charge in [0.1, 0.15) is 0 Å². The molecule has 1 aromatic heterocycles. The van der Waals surface area contributed by atoms with E-state index in [-0.39, 0.29) is 24.0 Å². The van der Waals surface area contributed by atoms with E-state index in [1.165, 1.54) is 42.0 Å². The number of rotatable bonds is 9. The van der Waals surface area contributed by atoms with Crippen LogP contribution >= 0.6 is 35.3 Å². The SMILES string of the molecule is CCNC(=NCCCOC1CCCCC1)NCCc1nc(C)c(C)s1.I. The molecule has 0 aliphatic heterocycles. The molecule has 1 aromatic rings. The maximum Gasteiger partial charge on any atom is 0.191 e. The third kappa shape index (κ3) is 8.99. The van der Waals surface area contributed by atoms with Crippen molar-refractivity contribution >= 4 is 41.3 Å². The number of guanidine groups is 1. The van der Waals surface area contributed by atoms with Gasteiger partial charge < -0.3 is 15.4 Å². The largest absolute Gasteiger partial charge is 0.378 e. The number of aromatic nitrogens is 1. The Morgan fingerprint density at radius 1 is 1.23 bits per heavy atom. The molecule has 0 amide bonds. The highest BCUT2D eigenvalue weighted by Crippen LogP contribution is 2.20. The van der Waals surface area contributed by atoms with E-state index in [0.717, 1.165) is 50.7 Å². The number of ether oxygens (including phenoxy) is 1. The van der Waals surface area contributed by atoms with Crippen LogP contribution in [0.5, 0.6) is 0 Å². The van der Waals surface area contributed by atoms with Gasteiger partial charge in [-0.2, -0.15) is 0 Å². The second-order valence-corrected chi connectivity index (χ2v) is 7.96. The van der Waals surface area contributed by atoms with E-state index in [0.29, 0.717) is 6.10 Å². The highest BCUT2D eigenvalue weighted by atomic mass is 127. The smallest absolute Gasteiger partial charge is 0.191 e. The van der Waals surface area contributed by atoms with Crippen molar-refractivity contribution < 1.29 is 4.74 Å². The van der Waals surface area contributed by atoms with Crippen LogP contribution in [0.25, 0.3) is 0 Å². The van der Waals surface area contributed by atoms with Crippen molar-refractivity contribution in [3.63, 3.8) is 0 Å². The monoisotopic (exact) mass is 494 g/mol. The Labute approximate surface area is 179 Å². The van der Waals surface area contributed by atoms with Gasteiger partial charge in [0.25, 0.3) is 0 Å². The molecule has 2 rings (SSSR count). The molecular weight excluding hydrogens is 459 g/mol. The first kappa shape index (κ1) is 23.6. The lowest BCUT2D eigenvalue weighted by Crippen LogP contribution is -2.38. The van der Waals surface area contributed by atoms with E-state index < -0.39 is 0 Å². The average molecular weight is 494 g/mol. The molecule has 2 N–H and O–H groups in total. The zero-order valence-electron chi connectivity index (χ0n) is 16.5. The minimum absolute atomic E-state index is 0. The lowest BCUT2D eigenvalue weighted by molar-refractivity contribution is 0.0281. The van der Waals surface area contributed by atoms with E-state index in [9.17, 15) is 0 Å². The standard InChI is InChI=1S/C19H34N4OS.HI/c1-4-20-19(22-13-11-18-23-15(2)16(3)25-18)21-12-8-14-24-17-9-6-5-7-10-17;/h17H,4-14H2,1-3H3,(H2,20,21,22);1H. The molecule has 1 saturated carbocycles. The normalized spacial score (nSPS) is 15.6. The van der Waals surface area contributed by atoms with Crippen LogP contribution in [0.2, 0.25) is 0 Å². The second-order valence-electron chi connectivity index (χ2n) is 6.67. The molecule has 0 aromatic carbocycles. The predicted octanol–water partition coefficient (Wildman–Crippen LogP) is 4.21. The summed E-state index contributed by atoms with van der Waals surface area (Å²) in [5, 5.41) is 7.90. The third-order valence-electron chi connectivity index (χ3n) is 4.53. The molecule has 5 nitrogen and oxygen atoms in total. The molecule has 1 aliphatic carbocycles. The topological polar surface area (TPSA) is 58.5 Å². The number of thiazole rings is 1. The van der Waals surface area contributed by atoms with Crippen LogP contribution < -0.4 is 10.6 Å². The number of hydrogen-bond acceptors (Lipinski definition) is 4. The fourth-order valence-corrected chi connectivity index (χ4v) is 3.95. The van der Waals surface area contributed by atoms with E-state index in [1.807, 2.05) is 0 Å². The zero-order chi connectivity index (χ0) is 17.9. The molecule has 150 valence electrons. The first-order valence-corrected chi connectivity index (χ1v) is 10.6. The Balaban J connectivity index is 0.00000338. The molecule has 1 aliphatic rings. The van der Waals surface area contributed by atoms with Crippen LogP contribution in [0.15, 0.2) is 4.99 Å². The fraction of sp³-hybridized carbons (Fsp3) is 0.789. The van der Waals surface area contributed by atoms with Gasteiger partial charge in [0.2, 0.25) is 0 Å². The highest BCUT2D eigenvalue weighted by Gasteiger charge is 2.12. The Hall–Kier alpha value is -0.410. The van der Waals surface area contributed by atoms with Gasteiger partial charge in [-0.25, -0.2) is 4.98 Å². The molecule has 0 radical (unpaired) electrons. The van der Waals surface area contributed by atoms with Crippen molar-refractivity contribution in [3.8, 4) is 0 Å². The Bertz CT molecular complexity index is 510. The highest BCUT2D eigenvalue weighted by molar-refractivity contribution is 14.0. The summed E-state index contributed by atoms with van der Waals surface area (Å²) in [6.07, 6.45) is 8.93. The maximum atomic E-state index is 5.96. The lowest BCUT2D eigenvalue weighted by atomic mass is 9.98. The molecular formula is C19H35IN4OS. The minimum atomic E-state index is 0. The summed E-state index contributed by atoms with van der Waals surface area (Å²) in [5.74, 6) is 0.894. The van der Waals surface area contributed by atoms with Gasteiger partial charge in [-0.15, -0.1) is 35.3 Å². The third-order valence-corrected chi connectivity index (χ3v) is 5.66. The van der Waals surface area contributed by atoms with Gasteiger partial charge in [0, 0.05) is 37.5 Å². The lowest BCUT2D eigenvalue weighted by Gasteiger charge is -2.21. The van der Waals surface area contributed by atoms with Crippen molar-refractivity contribution in [2.24, 2.45) is 4.99 Å². The molecule has 1 fully saturated rings. The van der Waals surface area contributed by atoms with Crippen LogP contribution in [0, 0.1) is 13.8 Å². The van der Waals surface area contributed by atoms with Gasteiger partial charge in [-0.3, -0.25) is 4.99 Å². The summed E-state index contributed by atoms with van der Waals surface area (Å²) in [6, 6.07) is 0. The molecule has 0 spiro atoms. The first-order chi connectivity index (χ1) is 12.2. The second kappa shape index (κ2) is 13.7. The van der Waals surface area contributed by atoms with E-state index in [4.69, 9.17) is 4.74 Å². The Morgan fingerprint density at radius 3 is 2.65 bits per heavy atom. The van der Waals surface area contributed by atoms with Gasteiger partial charge in [0.05, 0.1) is 16.8 Å². The quantitative estimate of drug-likeness (QED) is 0.234. The Morgan fingerprint density at radius 2 is 2.00 bits per heavy atom. The number of aryl methyl sites for hydroxylation is 2. The number of halogens is 1. The summed E-state index contributed by atoms with van der Waals surface area (Å²) in [6.45, 7) is 9.66. The maximum absolute atomic E-state index is 5.96. The summed E-state index contributed by atoms with van der Waals surface area (Å²) in [5.41, 5.74) is 1.15. The molecule has 0 atom stereocenters. The summed E-state index contributed by atoms with van der Waals surface area (Å²) >= 11 is 1.79. The van der Waals surface area contributed by atoms with Gasteiger partial charge >= 0.3 is 0 Å². The molecule has 7 heteroatoms.